The van der Waals surface area contributed by atoms with E-state index in [2.05, 4.69) is 15.6 Å². The highest BCUT2D eigenvalue weighted by atomic mass is 127. The standard InChI is InChI=1S/C20H26FN3O2.HI/c1-4-22-20(24-13-16-7-5-6-8-19(16)26-3)23-12-15-9-10-18(21)17(11-15)14-25-2;/h5-11H,4,12-14H2,1-3H3,(H2,22,23,24);1H. The second-order valence-electron chi connectivity index (χ2n) is 5.72. The van der Waals surface area contributed by atoms with E-state index in [1.165, 1.54) is 6.07 Å². The van der Waals surface area contributed by atoms with Crippen LogP contribution in [-0.4, -0.2) is 26.7 Å². The molecule has 148 valence electrons. The summed E-state index contributed by atoms with van der Waals surface area (Å²) in [5, 5.41) is 6.50. The molecule has 0 atom stereocenters. The molecule has 27 heavy (non-hydrogen) atoms. The first-order valence-corrected chi connectivity index (χ1v) is 8.58. The second kappa shape index (κ2) is 12.5. The maximum atomic E-state index is 13.7. The number of ether oxygens (including phenoxy) is 2. The summed E-state index contributed by atoms with van der Waals surface area (Å²) < 4.78 is 24.1. The molecule has 2 N–H and O–H groups in total. The number of halogens is 2. The molecule has 5 nitrogen and oxygen atoms in total. The van der Waals surface area contributed by atoms with Crippen LogP contribution in [0.15, 0.2) is 47.5 Å². The van der Waals surface area contributed by atoms with E-state index in [9.17, 15) is 4.39 Å². The van der Waals surface area contributed by atoms with Crippen molar-refractivity contribution in [3.05, 3.63) is 65.0 Å². The van der Waals surface area contributed by atoms with Crippen LogP contribution >= 0.6 is 24.0 Å². The summed E-state index contributed by atoms with van der Waals surface area (Å²) in [4.78, 5) is 4.58. The van der Waals surface area contributed by atoms with Crippen LogP contribution in [0.1, 0.15) is 23.6 Å². The van der Waals surface area contributed by atoms with Gasteiger partial charge in [0.1, 0.15) is 11.6 Å². The van der Waals surface area contributed by atoms with E-state index in [0.29, 0.717) is 24.6 Å². The van der Waals surface area contributed by atoms with Crippen LogP contribution < -0.4 is 15.4 Å². The summed E-state index contributed by atoms with van der Waals surface area (Å²) in [7, 11) is 3.21. The van der Waals surface area contributed by atoms with Crippen molar-refractivity contribution in [2.45, 2.75) is 26.6 Å². The number of guanidine groups is 1. The molecule has 0 bridgehead atoms. The molecule has 0 unspecified atom stereocenters. The Bertz CT molecular complexity index is 741. The Morgan fingerprint density at radius 3 is 2.56 bits per heavy atom. The lowest BCUT2D eigenvalue weighted by atomic mass is 10.1. The van der Waals surface area contributed by atoms with Crippen LogP contribution in [0.4, 0.5) is 4.39 Å². The molecule has 7 heteroatoms. The van der Waals surface area contributed by atoms with Gasteiger partial charge in [0.25, 0.3) is 0 Å². The van der Waals surface area contributed by atoms with E-state index in [0.717, 1.165) is 23.4 Å². The minimum Gasteiger partial charge on any atom is -0.496 e. The molecule has 2 aromatic carbocycles. The highest BCUT2D eigenvalue weighted by Gasteiger charge is 2.05. The number of hydrogen-bond acceptors (Lipinski definition) is 3. The molecule has 0 aromatic heterocycles. The van der Waals surface area contributed by atoms with E-state index in [4.69, 9.17) is 9.47 Å². The van der Waals surface area contributed by atoms with Crippen LogP contribution in [0.25, 0.3) is 0 Å². The molecule has 0 saturated heterocycles. The predicted molar refractivity (Wildman–Crippen MR) is 117 cm³/mol. The third kappa shape index (κ3) is 7.34. The quantitative estimate of drug-likeness (QED) is 0.338. The monoisotopic (exact) mass is 487 g/mol. The van der Waals surface area contributed by atoms with Gasteiger partial charge in [0.15, 0.2) is 5.96 Å². The minimum absolute atomic E-state index is 0. The van der Waals surface area contributed by atoms with Crippen molar-refractivity contribution in [2.24, 2.45) is 4.99 Å². The Balaban J connectivity index is 0.00000364. The lowest BCUT2D eigenvalue weighted by molar-refractivity contribution is 0.181. The fraction of sp³-hybridized carbons (Fsp3) is 0.350. The molecule has 2 aromatic rings. The summed E-state index contributed by atoms with van der Waals surface area (Å²) >= 11 is 0. The Morgan fingerprint density at radius 1 is 1.07 bits per heavy atom. The van der Waals surface area contributed by atoms with Gasteiger partial charge in [0.05, 0.1) is 20.3 Å². The smallest absolute Gasteiger partial charge is 0.191 e. The maximum Gasteiger partial charge on any atom is 0.191 e. The number of rotatable bonds is 8. The number of hydrogen-bond donors (Lipinski definition) is 2. The van der Waals surface area contributed by atoms with Crippen molar-refractivity contribution in [3.63, 3.8) is 0 Å². The maximum absolute atomic E-state index is 13.7. The van der Waals surface area contributed by atoms with Crippen LogP contribution in [0.3, 0.4) is 0 Å². The molecule has 0 saturated carbocycles. The average molecular weight is 487 g/mol. The van der Waals surface area contributed by atoms with Gasteiger partial charge in [-0.25, -0.2) is 9.38 Å². The lowest BCUT2D eigenvalue weighted by Crippen LogP contribution is -2.36. The number of nitrogens with one attached hydrogen (secondary N) is 2. The van der Waals surface area contributed by atoms with Crippen molar-refractivity contribution in [1.82, 2.24) is 10.6 Å². The van der Waals surface area contributed by atoms with Crippen molar-refractivity contribution < 1.29 is 13.9 Å². The summed E-state index contributed by atoms with van der Waals surface area (Å²) in [6.45, 7) is 4.03. The van der Waals surface area contributed by atoms with Gasteiger partial charge in [-0.05, 0) is 30.7 Å². The number of benzene rings is 2. The average Bonchev–Trinajstić information content (AvgIpc) is 2.66. The van der Waals surface area contributed by atoms with Crippen LogP contribution in [-0.2, 0) is 24.4 Å². The summed E-state index contributed by atoms with van der Waals surface area (Å²) in [5.41, 5.74) is 2.50. The van der Waals surface area contributed by atoms with Crippen molar-refractivity contribution in [1.29, 1.82) is 0 Å². The largest absolute Gasteiger partial charge is 0.496 e. The van der Waals surface area contributed by atoms with E-state index < -0.39 is 0 Å². The third-order valence-corrected chi connectivity index (χ3v) is 3.81. The Morgan fingerprint density at radius 2 is 1.85 bits per heavy atom. The van der Waals surface area contributed by atoms with Gasteiger partial charge >= 0.3 is 0 Å². The fourth-order valence-corrected chi connectivity index (χ4v) is 2.53. The first-order chi connectivity index (χ1) is 12.7. The predicted octanol–water partition coefficient (Wildman–Crippen LogP) is 3.85. The molecule has 0 heterocycles. The zero-order valence-electron chi connectivity index (χ0n) is 15.9. The number of aliphatic imine (C=N–C) groups is 1. The van der Waals surface area contributed by atoms with E-state index >= 15 is 0 Å². The molecular formula is C20H27FIN3O2. The molecule has 0 aliphatic carbocycles. The zero-order valence-corrected chi connectivity index (χ0v) is 18.3. The first-order valence-electron chi connectivity index (χ1n) is 8.58. The highest BCUT2D eigenvalue weighted by molar-refractivity contribution is 14.0. The van der Waals surface area contributed by atoms with Crippen LogP contribution in [0.2, 0.25) is 0 Å². The Hall–Kier alpha value is -1.87. The molecule has 0 amide bonds. The van der Waals surface area contributed by atoms with Crippen LogP contribution in [0, 0.1) is 5.82 Å². The molecule has 2 rings (SSSR count). The first kappa shape index (κ1) is 23.2. The van der Waals surface area contributed by atoms with E-state index in [1.807, 2.05) is 31.2 Å². The Kier molecular flexibility index (Phi) is 10.7. The highest BCUT2D eigenvalue weighted by Crippen LogP contribution is 2.16. The van der Waals surface area contributed by atoms with Crippen molar-refractivity contribution in [2.75, 3.05) is 20.8 Å². The number of nitrogens with zero attached hydrogens (tertiary/aromatic N) is 1. The van der Waals surface area contributed by atoms with Gasteiger partial charge in [-0.2, -0.15) is 0 Å². The summed E-state index contributed by atoms with van der Waals surface area (Å²) in [6, 6.07) is 12.8. The number of methoxy groups -OCH3 is 2. The zero-order chi connectivity index (χ0) is 18.8. The Labute approximate surface area is 177 Å². The van der Waals surface area contributed by atoms with Gasteiger partial charge in [-0.15, -0.1) is 24.0 Å². The SMILES string of the molecule is CCNC(=NCc1ccc(F)c(COC)c1)NCc1ccccc1OC.I. The molecule has 0 fully saturated rings. The molecule has 0 spiro atoms. The summed E-state index contributed by atoms with van der Waals surface area (Å²) in [5.74, 6) is 1.26. The number of para-hydroxylation sites is 1. The van der Waals surface area contributed by atoms with Gasteiger partial charge in [-0.3, -0.25) is 0 Å². The summed E-state index contributed by atoms with van der Waals surface area (Å²) in [6.07, 6.45) is 0. The van der Waals surface area contributed by atoms with Gasteiger partial charge in [0.2, 0.25) is 0 Å². The molecular weight excluding hydrogens is 460 g/mol. The van der Waals surface area contributed by atoms with Gasteiger partial charge in [-0.1, -0.05) is 24.3 Å². The van der Waals surface area contributed by atoms with Crippen molar-refractivity contribution >= 4 is 29.9 Å². The molecule has 0 aliphatic heterocycles. The second-order valence-corrected chi connectivity index (χ2v) is 5.72. The van der Waals surface area contributed by atoms with Gasteiger partial charge < -0.3 is 20.1 Å². The van der Waals surface area contributed by atoms with Gasteiger partial charge in [0, 0.05) is 31.3 Å². The van der Waals surface area contributed by atoms with Crippen LogP contribution in [0.5, 0.6) is 5.75 Å². The molecule has 0 aliphatic rings. The topological polar surface area (TPSA) is 54.9 Å². The van der Waals surface area contributed by atoms with E-state index in [-0.39, 0.29) is 36.4 Å². The third-order valence-electron chi connectivity index (χ3n) is 3.81. The van der Waals surface area contributed by atoms with E-state index in [1.54, 1.807) is 26.4 Å². The fourth-order valence-electron chi connectivity index (χ4n) is 2.53. The normalized spacial score (nSPS) is 10.9. The van der Waals surface area contributed by atoms with Crippen molar-refractivity contribution in [3.8, 4) is 5.75 Å². The lowest BCUT2D eigenvalue weighted by Gasteiger charge is -2.13. The molecule has 0 radical (unpaired) electrons. The minimum atomic E-state index is -0.263.